The molecule has 128 valence electrons. The third-order valence-electron chi connectivity index (χ3n) is 8.75. The van der Waals surface area contributed by atoms with Crippen LogP contribution in [0.3, 0.4) is 0 Å². The summed E-state index contributed by atoms with van der Waals surface area (Å²) in [7, 11) is 0. The first-order chi connectivity index (χ1) is 11.0. The molecule has 0 aromatic carbocycles. The molecule has 0 aromatic rings. The molecule has 0 amide bonds. The van der Waals surface area contributed by atoms with Crippen LogP contribution in [0.4, 0.5) is 0 Å². The van der Waals surface area contributed by atoms with Gasteiger partial charge >= 0.3 is 0 Å². The van der Waals surface area contributed by atoms with Gasteiger partial charge in [-0.1, -0.05) is 38.8 Å². The van der Waals surface area contributed by atoms with Crippen molar-refractivity contribution < 1.29 is 4.79 Å². The molecule has 0 heterocycles. The normalized spacial score (nSPS) is 48.9. The van der Waals surface area contributed by atoms with Crippen LogP contribution in [-0.2, 0) is 4.79 Å². The van der Waals surface area contributed by atoms with Crippen molar-refractivity contribution in [2.45, 2.75) is 85.0 Å². The number of Topliss-reactive ketones (excluding diaryl/α,β-unsaturated/α-hetero) is 1. The fourth-order valence-electron chi connectivity index (χ4n) is 7.47. The molecular weight excluding hydrogens is 280 g/mol. The highest BCUT2D eigenvalue weighted by Crippen LogP contribution is 2.66. The number of fused-ring (bicyclic) bond motifs is 5. The standard InChI is InChI=1S/C22H34O/c1-4-20(23)19-11-10-17-16-9-8-15-7-5-6-13-21(15,2)18(16)12-14-22(17,19)3/h8,16-19H,4-7,9-14H2,1-3H3. The molecule has 0 bridgehead atoms. The summed E-state index contributed by atoms with van der Waals surface area (Å²) >= 11 is 0. The Morgan fingerprint density at radius 1 is 1.13 bits per heavy atom. The van der Waals surface area contributed by atoms with Crippen molar-refractivity contribution in [3.8, 4) is 0 Å². The molecule has 0 saturated heterocycles. The van der Waals surface area contributed by atoms with Crippen molar-refractivity contribution in [2.24, 2.45) is 34.5 Å². The first kappa shape index (κ1) is 15.9. The second-order valence-electron chi connectivity index (χ2n) is 9.46. The van der Waals surface area contributed by atoms with E-state index in [1.54, 1.807) is 5.57 Å². The van der Waals surface area contributed by atoms with E-state index in [2.05, 4.69) is 26.8 Å². The largest absolute Gasteiger partial charge is 0.299 e. The number of hydrogen-bond donors (Lipinski definition) is 0. The Morgan fingerprint density at radius 3 is 2.74 bits per heavy atom. The van der Waals surface area contributed by atoms with Crippen molar-refractivity contribution in [3.63, 3.8) is 0 Å². The molecule has 1 heteroatoms. The highest BCUT2D eigenvalue weighted by atomic mass is 16.1. The van der Waals surface area contributed by atoms with Crippen LogP contribution >= 0.6 is 0 Å². The average molecular weight is 315 g/mol. The van der Waals surface area contributed by atoms with E-state index in [0.29, 0.717) is 22.5 Å². The van der Waals surface area contributed by atoms with E-state index in [1.165, 1.54) is 57.8 Å². The molecule has 6 unspecified atom stereocenters. The van der Waals surface area contributed by atoms with Gasteiger partial charge in [-0.2, -0.15) is 0 Å². The maximum atomic E-state index is 12.5. The van der Waals surface area contributed by atoms with Crippen LogP contribution < -0.4 is 0 Å². The molecule has 23 heavy (non-hydrogen) atoms. The first-order valence-corrected chi connectivity index (χ1v) is 10.2. The maximum Gasteiger partial charge on any atom is 0.136 e. The smallest absolute Gasteiger partial charge is 0.136 e. The van der Waals surface area contributed by atoms with Crippen LogP contribution in [0, 0.1) is 34.5 Å². The van der Waals surface area contributed by atoms with Crippen molar-refractivity contribution in [2.75, 3.05) is 0 Å². The van der Waals surface area contributed by atoms with Crippen LogP contribution in [0.5, 0.6) is 0 Å². The van der Waals surface area contributed by atoms with Crippen LogP contribution in [0.2, 0.25) is 0 Å². The van der Waals surface area contributed by atoms with Crippen molar-refractivity contribution in [1.82, 2.24) is 0 Å². The molecule has 0 aromatic heterocycles. The van der Waals surface area contributed by atoms with Gasteiger partial charge in [0.1, 0.15) is 5.78 Å². The van der Waals surface area contributed by atoms with E-state index < -0.39 is 0 Å². The summed E-state index contributed by atoms with van der Waals surface area (Å²) in [4.78, 5) is 12.5. The van der Waals surface area contributed by atoms with Gasteiger partial charge in [-0.05, 0) is 80.0 Å². The van der Waals surface area contributed by atoms with Crippen molar-refractivity contribution in [3.05, 3.63) is 11.6 Å². The third-order valence-corrected chi connectivity index (χ3v) is 8.75. The molecule has 1 nitrogen and oxygen atoms in total. The van der Waals surface area contributed by atoms with Gasteiger partial charge in [-0.15, -0.1) is 0 Å². The van der Waals surface area contributed by atoms with Gasteiger partial charge in [0.15, 0.2) is 0 Å². The lowest BCUT2D eigenvalue weighted by Gasteiger charge is -2.57. The molecule has 6 atom stereocenters. The topological polar surface area (TPSA) is 17.1 Å². The fourth-order valence-corrected chi connectivity index (χ4v) is 7.47. The van der Waals surface area contributed by atoms with Gasteiger partial charge < -0.3 is 0 Å². The number of hydrogen-bond acceptors (Lipinski definition) is 1. The maximum absolute atomic E-state index is 12.5. The molecule has 4 rings (SSSR count). The summed E-state index contributed by atoms with van der Waals surface area (Å²) in [6, 6.07) is 0. The molecule has 0 aliphatic heterocycles. The van der Waals surface area contributed by atoms with Crippen LogP contribution in [0.15, 0.2) is 11.6 Å². The van der Waals surface area contributed by atoms with Crippen molar-refractivity contribution >= 4 is 5.78 Å². The molecule has 0 radical (unpaired) electrons. The summed E-state index contributed by atoms with van der Waals surface area (Å²) in [6.07, 6.45) is 15.5. The van der Waals surface area contributed by atoms with Gasteiger partial charge in [0.25, 0.3) is 0 Å². The average Bonchev–Trinajstić information content (AvgIpc) is 2.91. The Kier molecular flexibility index (Phi) is 3.78. The van der Waals surface area contributed by atoms with Gasteiger partial charge in [-0.3, -0.25) is 4.79 Å². The molecule has 4 aliphatic rings. The lowest BCUT2D eigenvalue weighted by molar-refractivity contribution is -0.129. The molecule has 3 saturated carbocycles. The van der Waals surface area contributed by atoms with Crippen LogP contribution in [-0.4, -0.2) is 5.78 Å². The second kappa shape index (κ2) is 5.46. The molecular formula is C22H34O. The number of carbonyl (C=O) groups excluding carboxylic acids is 1. The van der Waals surface area contributed by atoms with Gasteiger partial charge in [0.05, 0.1) is 0 Å². The van der Waals surface area contributed by atoms with E-state index in [9.17, 15) is 4.79 Å². The minimum Gasteiger partial charge on any atom is -0.299 e. The summed E-state index contributed by atoms with van der Waals surface area (Å²) < 4.78 is 0. The highest BCUT2D eigenvalue weighted by Gasteiger charge is 2.59. The first-order valence-electron chi connectivity index (χ1n) is 10.2. The predicted octanol–water partition coefficient (Wildman–Crippen LogP) is 5.93. The second-order valence-corrected chi connectivity index (χ2v) is 9.46. The number of rotatable bonds is 2. The molecule has 3 fully saturated rings. The van der Waals surface area contributed by atoms with Gasteiger partial charge in [-0.25, -0.2) is 0 Å². The van der Waals surface area contributed by atoms with Gasteiger partial charge in [0.2, 0.25) is 0 Å². The zero-order chi connectivity index (χ0) is 16.2. The Bertz CT molecular complexity index is 532. The van der Waals surface area contributed by atoms with Crippen LogP contribution in [0.25, 0.3) is 0 Å². The molecule has 0 N–H and O–H groups in total. The third kappa shape index (κ3) is 2.14. The van der Waals surface area contributed by atoms with Crippen LogP contribution in [0.1, 0.15) is 85.0 Å². The fraction of sp³-hybridized carbons (Fsp3) is 0.864. The Balaban J connectivity index is 1.65. The van der Waals surface area contributed by atoms with E-state index in [0.717, 1.165) is 24.2 Å². The van der Waals surface area contributed by atoms with E-state index in [4.69, 9.17) is 0 Å². The number of carbonyl (C=O) groups is 1. The Hall–Kier alpha value is -0.590. The monoisotopic (exact) mass is 314 g/mol. The summed E-state index contributed by atoms with van der Waals surface area (Å²) in [5.41, 5.74) is 2.60. The lowest BCUT2D eigenvalue weighted by Crippen LogP contribution is -2.50. The zero-order valence-electron chi connectivity index (χ0n) is 15.4. The quantitative estimate of drug-likeness (QED) is 0.577. The molecule has 0 spiro atoms. The summed E-state index contributed by atoms with van der Waals surface area (Å²) in [5.74, 6) is 3.47. The van der Waals surface area contributed by atoms with E-state index >= 15 is 0 Å². The summed E-state index contributed by atoms with van der Waals surface area (Å²) in [5, 5.41) is 0. The van der Waals surface area contributed by atoms with Crippen molar-refractivity contribution in [1.29, 1.82) is 0 Å². The summed E-state index contributed by atoms with van der Waals surface area (Å²) in [6.45, 7) is 7.12. The lowest BCUT2D eigenvalue weighted by atomic mass is 9.47. The molecule has 4 aliphatic carbocycles. The van der Waals surface area contributed by atoms with E-state index in [1.807, 2.05) is 0 Å². The minimum absolute atomic E-state index is 0.310. The number of ketones is 1. The Labute approximate surface area is 142 Å². The minimum atomic E-state index is 0.310. The zero-order valence-corrected chi connectivity index (χ0v) is 15.4. The Morgan fingerprint density at radius 2 is 1.96 bits per heavy atom. The van der Waals surface area contributed by atoms with E-state index in [-0.39, 0.29) is 0 Å². The SMILES string of the molecule is CCC(=O)C1CCC2C3CC=C4CCCCC4(C)C3CCC12C. The highest BCUT2D eigenvalue weighted by molar-refractivity contribution is 5.82. The van der Waals surface area contributed by atoms with Gasteiger partial charge in [0, 0.05) is 12.3 Å². The number of allylic oxidation sites excluding steroid dienone is 2. The predicted molar refractivity (Wildman–Crippen MR) is 95.1 cm³/mol.